The Kier molecular flexibility index (Phi) is 8.42. The van der Waals surface area contributed by atoms with Crippen LogP contribution >= 0.6 is 0 Å². The van der Waals surface area contributed by atoms with Gasteiger partial charge in [-0.1, -0.05) is 6.08 Å². The van der Waals surface area contributed by atoms with Crippen LogP contribution < -0.4 is 25.8 Å². The highest BCUT2D eigenvalue weighted by Crippen LogP contribution is 2.28. The molecule has 4 rings (SSSR count). The number of nitrogens with two attached hydrogens (primary N) is 1. The topological polar surface area (TPSA) is 128 Å². The van der Waals surface area contributed by atoms with E-state index < -0.39 is 0 Å². The van der Waals surface area contributed by atoms with E-state index in [2.05, 4.69) is 15.6 Å². The summed E-state index contributed by atoms with van der Waals surface area (Å²) in [5, 5.41) is 6.14. The average molecular weight is 506 g/mol. The van der Waals surface area contributed by atoms with Gasteiger partial charge in [0.1, 0.15) is 6.61 Å². The molecule has 1 saturated heterocycles. The molecule has 0 aromatic heterocycles. The van der Waals surface area contributed by atoms with Gasteiger partial charge in [-0.05, 0) is 54.5 Å². The van der Waals surface area contributed by atoms with Crippen molar-refractivity contribution >= 4 is 23.3 Å². The van der Waals surface area contributed by atoms with Crippen molar-refractivity contribution in [2.45, 2.75) is 13.0 Å². The molecule has 0 spiro atoms. The maximum absolute atomic E-state index is 13.3. The van der Waals surface area contributed by atoms with E-state index in [4.69, 9.17) is 19.9 Å². The normalized spacial score (nSPS) is 15.2. The Bertz CT molecular complexity index is 1250. The zero-order chi connectivity index (χ0) is 26.2. The van der Waals surface area contributed by atoms with E-state index in [1.165, 1.54) is 14.2 Å². The third kappa shape index (κ3) is 6.47. The lowest BCUT2D eigenvalue weighted by molar-refractivity contribution is 0.0735. The Morgan fingerprint density at radius 2 is 1.84 bits per heavy atom. The van der Waals surface area contributed by atoms with Crippen molar-refractivity contribution in [1.29, 1.82) is 0 Å². The maximum atomic E-state index is 13.3. The predicted molar refractivity (Wildman–Crippen MR) is 141 cm³/mol. The van der Waals surface area contributed by atoms with Crippen LogP contribution in [0.15, 0.2) is 65.5 Å². The molecule has 37 heavy (non-hydrogen) atoms. The monoisotopic (exact) mass is 505 g/mol. The third-order valence-electron chi connectivity index (χ3n) is 5.95. The van der Waals surface area contributed by atoms with Gasteiger partial charge in [0, 0.05) is 49.2 Å². The fourth-order valence-electron chi connectivity index (χ4n) is 4.03. The number of aliphatic imine (C=N–C) groups is 1. The molecule has 0 bridgehead atoms. The number of benzene rings is 2. The van der Waals surface area contributed by atoms with E-state index in [1.807, 2.05) is 12.2 Å². The van der Waals surface area contributed by atoms with Gasteiger partial charge in [0.15, 0.2) is 23.1 Å². The molecule has 0 radical (unpaired) electrons. The first-order valence-corrected chi connectivity index (χ1v) is 12.0. The SMILES string of the molecule is COc1ccc(C(=O)Nc2cc(COC3=CCC=CN=C3N)cc(C(=O)N3CCNCC3)c2)cc1OC. The van der Waals surface area contributed by atoms with E-state index in [0.29, 0.717) is 59.1 Å². The van der Waals surface area contributed by atoms with Crippen molar-refractivity contribution in [3.63, 3.8) is 0 Å². The molecule has 10 nitrogen and oxygen atoms in total. The molecule has 2 amide bonds. The third-order valence-corrected chi connectivity index (χ3v) is 5.95. The smallest absolute Gasteiger partial charge is 0.255 e. The van der Waals surface area contributed by atoms with Gasteiger partial charge in [-0.15, -0.1) is 0 Å². The number of nitrogens with one attached hydrogen (secondary N) is 2. The van der Waals surface area contributed by atoms with Gasteiger partial charge < -0.3 is 35.5 Å². The van der Waals surface area contributed by atoms with E-state index in [0.717, 1.165) is 13.1 Å². The first-order valence-electron chi connectivity index (χ1n) is 12.0. The maximum Gasteiger partial charge on any atom is 0.255 e. The summed E-state index contributed by atoms with van der Waals surface area (Å²) in [6.07, 6.45) is 6.00. The number of methoxy groups -OCH3 is 2. The first-order chi connectivity index (χ1) is 18.0. The lowest BCUT2D eigenvalue weighted by Crippen LogP contribution is -2.46. The lowest BCUT2D eigenvalue weighted by atomic mass is 10.1. The largest absolute Gasteiger partial charge is 0.493 e. The summed E-state index contributed by atoms with van der Waals surface area (Å²) in [5.74, 6) is 1.26. The summed E-state index contributed by atoms with van der Waals surface area (Å²) < 4.78 is 16.5. The summed E-state index contributed by atoms with van der Waals surface area (Å²) in [7, 11) is 3.04. The zero-order valence-electron chi connectivity index (χ0n) is 21.0. The van der Waals surface area contributed by atoms with Crippen LogP contribution in [0.25, 0.3) is 0 Å². The highest BCUT2D eigenvalue weighted by Gasteiger charge is 2.20. The van der Waals surface area contributed by atoms with Gasteiger partial charge in [-0.25, -0.2) is 4.99 Å². The lowest BCUT2D eigenvalue weighted by Gasteiger charge is -2.27. The van der Waals surface area contributed by atoms with E-state index in [-0.39, 0.29) is 24.3 Å². The van der Waals surface area contributed by atoms with Crippen LogP contribution in [-0.4, -0.2) is 62.9 Å². The van der Waals surface area contributed by atoms with Crippen molar-refractivity contribution in [1.82, 2.24) is 10.2 Å². The number of ether oxygens (including phenoxy) is 3. The van der Waals surface area contributed by atoms with Crippen LogP contribution in [0.3, 0.4) is 0 Å². The first kappa shape index (κ1) is 25.8. The van der Waals surface area contributed by atoms with Gasteiger partial charge >= 0.3 is 0 Å². The number of anilines is 1. The zero-order valence-corrected chi connectivity index (χ0v) is 21.0. The van der Waals surface area contributed by atoms with Crippen LogP contribution in [0.2, 0.25) is 0 Å². The molecule has 10 heteroatoms. The molecule has 2 aliphatic heterocycles. The number of allylic oxidation sites excluding steroid dienone is 2. The fraction of sp³-hybridized carbons (Fsp3) is 0.296. The minimum atomic E-state index is -0.353. The van der Waals surface area contributed by atoms with Crippen LogP contribution in [0.5, 0.6) is 11.5 Å². The molecule has 194 valence electrons. The Balaban J connectivity index is 1.59. The predicted octanol–water partition coefficient (Wildman–Crippen LogP) is 2.68. The molecule has 2 aromatic carbocycles. The van der Waals surface area contributed by atoms with Crippen LogP contribution in [0.4, 0.5) is 5.69 Å². The number of hydrogen-bond donors (Lipinski definition) is 3. The van der Waals surface area contributed by atoms with Crippen molar-refractivity contribution in [3.8, 4) is 11.5 Å². The minimum Gasteiger partial charge on any atom is -0.493 e. The molecule has 2 heterocycles. The number of amides is 2. The van der Waals surface area contributed by atoms with E-state index in [9.17, 15) is 9.59 Å². The molecule has 0 aliphatic carbocycles. The van der Waals surface area contributed by atoms with Gasteiger partial charge in [0.25, 0.3) is 11.8 Å². The van der Waals surface area contributed by atoms with Crippen molar-refractivity contribution in [2.24, 2.45) is 10.7 Å². The Hall–Kier alpha value is -4.31. The average Bonchev–Trinajstić information content (AvgIpc) is 3.14. The van der Waals surface area contributed by atoms with Gasteiger partial charge in [0.05, 0.1) is 14.2 Å². The number of amidine groups is 1. The number of carbonyl (C=O) groups excluding carboxylic acids is 2. The molecular weight excluding hydrogens is 474 g/mol. The molecule has 0 atom stereocenters. The summed E-state index contributed by atoms with van der Waals surface area (Å²) in [4.78, 5) is 32.3. The number of rotatable bonds is 8. The Morgan fingerprint density at radius 3 is 2.59 bits per heavy atom. The fourth-order valence-corrected chi connectivity index (χ4v) is 4.03. The van der Waals surface area contributed by atoms with Crippen LogP contribution in [-0.2, 0) is 11.3 Å². The van der Waals surface area contributed by atoms with Crippen molar-refractivity contribution in [3.05, 3.63) is 77.2 Å². The molecule has 2 aromatic rings. The second kappa shape index (κ2) is 12.1. The minimum absolute atomic E-state index is 0.107. The number of nitrogens with zero attached hydrogens (tertiary/aromatic N) is 2. The molecule has 2 aliphatic rings. The number of carbonyl (C=O) groups is 2. The quantitative estimate of drug-likeness (QED) is 0.503. The number of hydrogen-bond acceptors (Lipinski definition) is 8. The number of piperazine rings is 1. The van der Waals surface area contributed by atoms with Crippen molar-refractivity contribution in [2.75, 3.05) is 45.7 Å². The van der Waals surface area contributed by atoms with Gasteiger partial charge in [0.2, 0.25) is 0 Å². The summed E-state index contributed by atoms with van der Waals surface area (Å²) in [6.45, 7) is 2.83. The summed E-state index contributed by atoms with van der Waals surface area (Å²) in [5.41, 5.74) is 8.00. The highest BCUT2D eigenvalue weighted by atomic mass is 16.5. The second-order valence-electron chi connectivity index (χ2n) is 8.48. The van der Waals surface area contributed by atoms with Crippen LogP contribution in [0, 0.1) is 0 Å². The van der Waals surface area contributed by atoms with Gasteiger partial charge in [-0.2, -0.15) is 0 Å². The van der Waals surface area contributed by atoms with Crippen LogP contribution in [0.1, 0.15) is 32.7 Å². The Morgan fingerprint density at radius 1 is 1.05 bits per heavy atom. The molecule has 0 saturated carbocycles. The summed E-state index contributed by atoms with van der Waals surface area (Å²) in [6, 6.07) is 10.1. The molecule has 1 fully saturated rings. The highest BCUT2D eigenvalue weighted by molar-refractivity contribution is 6.05. The van der Waals surface area contributed by atoms with Gasteiger partial charge in [-0.3, -0.25) is 9.59 Å². The van der Waals surface area contributed by atoms with E-state index >= 15 is 0 Å². The van der Waals surface area contributed by atoms with E-state index in [1.54, 1.807) is 47.5 Å². The molecule has 0 unspecified atom stereocenters. The Labute approximate surface area is 215 Å². The second-order valence-corrected chi connectivity index (χ2v) is 8.48. The standard InChI is InChI=1S/C27H31N5O5/c1-35-22-7-6-19(16-24(22)36-2)26(33)31-21-14-18(17-37-23-5-3-4-8-30-25(23)28)13-20(15-21)27(34)32-11-9-29-10-12-32/h4-8,13-16,29H,3,9-12,17H2,1-2H3,(H2,28,30)(H,31,33). The summed E-state index contributed by atoms with van der Waals surface area (Å²) >= 11 is 0. The van der Waals surface area contributed by atoms with Crippen molar-refractivity contribution < 1.29 is 23.8 Å². The molecular formula is C27H31N5O5. The molecule has 4 N–H and O–H groups in total.